The molecule has 0 bridgehead atoms. The molecule has 0 aliphatic heterocycles. The molecule has 0 heterocycles. The lowest BCUT2D eigenvalue weighted by Gasteiger charge is -2.20. The summed E-state index contributed by atoms with van der Waals surface area (Å²) < 4.78 is 27.0. The molecule has 0 saturated heterocycles. The Bertz CT molecular complexity index is 453. The number of benzene rings is 1. The first-order valence-electron chi connectivity index (χ1n) is 6.25. The fourth-order valence-corrected chi connectivity index (χ4v) is 2.82. The summed E-state index contributed by atoms with van der Waals surface area (Å²) in [6.45, 7) is 0. The van der Waals surface area contributed by atoms with Crippen LogP contribution in [0.5, 0.6) is 0 Å². The maximum absolute atomic E-state index is 13.6. The minimum atomic E-state index is -0.649. The molecule has 1 nitrogen and oxygen atoms in total. The fourth-order valence-electron chi connectivity index (χ4n) is 2.50. The number of carbonyl (C=O) groups excluding carboxylic acids is 1. The maximum Gasteiger partial charge on any atom is 0.166 e. The van der Waals surface area contributed by atoms with Gasteiger partial charge in [0.25, 0.3) is 0 Å². The molecule has 98 valence electrons. The van der Waals surface area contributed by atoms with Crippen LogP contribution in [0, 0.1) is 17.6 Å². The van der Waals surface area contributed by atoms with Crippen LogP contribution in [0.4, 0.5) is 8.78 Å². The van der Waals surface area contributed by atoms with Gasteiger partial charge in [-0.1, -0.05) is 32.1 Å². The van der Waals surface area contributed by atoms with Gasteiger partial charge in [0.1, 0.15) is 11.6 Å². The molecule has 0 unspecified atom stereocenters. The van der Waals surface area contributed by atoms with Gasteiger partial charge in [-0.05, 0) is 34.0 Å². The number of hydrogen-bond donors (Lipinski definition) is 0. The molecule has 0 N–H and O–H groups in total. The highest BCUT2D eigenvalue weighted by atomic mass is 79.9. The predicted octanol–water partition coefficient (Wildman–Crippen LogP) is 4.88. The van der Waals surface area contributed by atoms with Crippen molar-refractivity contribution in [3.8, 4) is 0 Å². The minimum absolute atomic E-state index is 0.0502. The van der Waals surface area contributed by atoms with Crippen molar-refractivity contribution < 1.29 is 13.6 Å². The molecule has 4 heteroatoms. The smallest absolute Gasteiger partial charge is 0.166 e. The number of hydrogen-bond acceptors (Lipinski definition) is 1. The molecular formula is C14H15BrF2O. The van der Waals surface area contributed by atoms with Crippen LogP contribution < -0.4 is 0 Å². The Balaban J connectivity index is 2.10. The zero-order chi connectivity index (χ0) is 13.1. The second kappa shape index (κ2) is 5.91. The van der Waals surface area contributed by atoms with Crippen LogP contribution >= 0.6 is 15.9 Å². The van der Waals surface area contributed by atoms with E-state index in [1.54, 1.807) is 0 Å². The summed E-state index contributed by atoms with van der Waals surface area (Å²) in [6, 6.07) is 2.01. The topological polar surface area (TPSA) is 17.1 Å². The van der Waals surface area contributed by atoms with E-state index in [9.17, 15) is 13.6 Å². The van der Waals surface area contributed by atoms with Crippen molar-refractivity contribution in [1.82, 2.24) is 0 Å². The number of ketones is 1. The molecule has 0 amide bonds. The quantitative estimate of drug-likeness (QED) is 0.573. The molecule has 2 rings (SSSR count). The van der Waals surface area contributed by atoms with Crippen molar-refractivity contribution in [2.45, 2.75) is 38.5 Å². The molecule has 1 fully saturated rings. The van der Waals surface area contributed by atoms with Crippen molar-refractivity contribution in [2.75, 3.05) is 0 Å². The number of halogens is 3. The normalized spacial score (nSPS) is 16.8. The van der Waals surface area contributed by atoms with Gasteiger partial charge < -0.3 is 0 Å². The van der Waals surface area contributed by atoms with Crippen molar-refractivity contribution >= 4 is 21.7 Å². The van der Waals surface area contributed by atoms with Crippen molar-refractivity contribution in [2.24, 2.45) is 5.92 Å². The summed E-state index contributed by atoms with van der Waals surface area (Å²) in [4.78, 5) is 12.0. The Kier molecular flexibility index (Phi) is 4.49. The van der Waals surface area contributed by atoms with E-state index in [4.69, 9.17) is 0 Å². The van der Waals surface area contributed by atoms with E-state index in [0.29, 0.717) is 12.3 Å². The molecule has 1 aliphatic rings. The van der Waals surface area contributed by atoms with E-state index >= 15 is 0 Å². The lowest BCUT2D eigenvalue weighted by atomic mass is 9.85. The first kappa shape index (κ1) is 13.7. The lowest BCUT2D eigenvalue weighted by Crippen LogP contribution is -2.13. The first-order valence-corrected chi connectivity index (χ1v) is 7.05. The summed E-state index contributed by atoms with van der Waals surface area (Å²) in [7, 11) is 0. The zero-order valence-corrected chi connectivity index (χ0v) is 11.6. The summed E-state index contributed by atoms with van der Waals surface area (Å²) in [5, 5.41) is 0. The number of carbonyl (C=O) groups is 1. The van der Waals surface area contributed by atoms with Crippen LogP contribution in [0.2, 0.25) is 0 Å². The highest BCUT2D eigenvalue weighted by Crippen LogP contribution is 2.28. The Morgan fingerprint density at radius 1 is 1.17 bits per heavy atom. The fraction of sp³-hybridized carbons (Fsp3) is 0.500. The third-order valence-electron chi connectivity index (χ3n) is 3.51. The molecule has 0 spiro atoms. The van der Waals surface area contributed by atoms with Crippen LogP contribution in [0.3, 0.4) is 0 Å². The van der Waals surface area contributed by atoms with Gasteiger partial charge in [0.2, 0.25) is 0 Å². The van der Waals surface area contributed by atoms with Gasteiger partial charge in [-0.3, -0.25) is 4.79 Å². The Hall–Kier alpha value is -0.770. The minimum Gasteiger partial charge on any atom is -0.294 e. The monoisotopic (exact) mass is 316 g/mol. The first-order chi connectivity index (χ1) is 8.58. The van der Waals surface area contributed by atoms with Gasteiger partial charge in [0, 0.05) is 6.42 Å². The van der Waals surface area contributed by atoms with Crippen molar-refractivity contribution in [3.63, 3.8) is 0 Å². The second-order valence-electron chi connectivity index (χ2n) is 4.88. The summed E-state index contributed by atoms with van der Waals surface area (Å²) in [5.41, 5.74) is -0.124. The van der Waals surface area contributed by atoms with Crippen molar-refractivity contribution in [3.05, 3.63) is 33.8 Å². The van der Waals surface area contributed by atoms with Gasteiger partial charge in [0.05, 0.1) is 10.0 Å². The SMILES string of the molecule is O=C(CC1CCCCC1)c1cc(F)c(Br)cc1F. The molecule has 1 aliphatic carbocycles. The Morgan fingerprint density at radius 3 is 2.50 bits per heavy atom. The standard InChI is InChI=1S/C14H15BrF2O/c15-11-8-12(16)10(7-13(11)17)14(18)6-9-4-2-1-3-5-9/h7-9H,1-6H2. The number of Topliss-reactive ketones (excluding diaryl/α,β-unsaturated/α-hetero) is 1. The highest BCUT2D eigenvalue weighted by Gasteiger charge is 2.21. The van der Waals surface area contributed by atoms with Crippen molar-refractivity contribution in [1.29, 1.82) is 0 Å². The van der Waals surface area contributed by atoms with Crippen LogP contribution in [0.1, 0.15) is 48.9 Å². The van der Waals surface area contributed by atoms with Gasteiger partial charge in [-0.15, -0.1) is 0 Å². The van der Waals surface area contributed by atoms with Crippen LogP contribution in [-0.4, -0.2) is 5.78 Å². The molecule has 1 aromatic carbocycles. The van der Waals surface area contributed by atoms with E-state index in [2.05, 4.69) is 15.9 Å². The van der Waals surface area contributed by atoms with E-state index in [-0.39, 0.29) is 15.8 Å². The molecule has 0 aromatic heterocycles. The largest absolute Gasteiger partial charge is 0.294 e. The highest BCUT2D eigenvalue weighted by molar-refractivity contribution is 9.10. The Morgan fingerprint density at radius 2 is 1.83 bits per heavy atom. The van der Waals surface area contributed by atoms with Gasteiger partial charge in [-0.2, -0.15) is 0 Å². The molecule has 1 aromatic rings. The van der Waals surface area contributed by atoms with Crippen LogP contribution in [0.15, 0.2) is 16.6 Å². The van der Waals surface area contributed by atoms with E-state index in [1.807, 2.05) is 0 Å². The summed E-state index contributed by atoms with van der Waals surface area (Å²) >= 11 is 2.90. The molecule has 1 saturated carbocycles. The van der Waals surface area contributed by atoms with E-state index in [1.165, 1.54) is 6.42 Å². The Labute approximate surface area is 114 Å². The molecular weight excluding hydrogens is 302 g/mol. The third kappa shape index (κ3) is 3.16. The molecule has 0 radical (unpaired) electrons. The zero-order valence-electron chi connectivity index (χ0n) is 10.0. The molecule has 18 heavy (non-hydrogen) atoms. The maximum atomic E-state index is 13.6. The predicted molar refractivity (Wildman–Crippen MR) is 69.6 cm³/mol. The van der Waals surface area contributed by atoms with Gasteiger partial charge >= 0.3 is 0 Å². The summed E-state index contributed by atoms with van der Waals surface area (Å²) in [6.07, 6.45) is 5.85. The average molecular weight is 317 g/mol. The number of rotatable bonds is 3. The van der Waals surface area contributed by atoms with E-state index in [0.717, 1.165) is 37.8 Å². The van der Waals surface area contributed by atoms with Gasteiger partial charge in [0.15, 0.2) is 5.78 Å². The second-order valence-corrected chi connectivity index (χ2v) is 5.73. The van der Waals surface area contributed by atoms with Gasteiger partial charge in [-0.25, -0.2) is 8.78 Å². The molecule has 0 atom stereocenters. The third-order valence-corrected chi connectivity index (χ3v) is 4.12. The summed E-state index contributed by atoms with van der Waals surface area (Å²) in [5.74, 6) is -1.20. The van der Waals surface area contributed by atoms with Crippen LogP contribution in [-0.2, 0) is 0 Å². The van der Waals surface area contributed by atoms with E-state index < -0.39 is 11.6 Å². The average Bonchev–Trinajstić information content (AvgIpc) is 2.35. The van der Waals surface area contributed by atoms with Crippen LogP contribution in [0.25, 0.3) is 0 Å². The lowest BCUT2D eigenvalue weighted by molar-refractivity contribution is 0.0945.